The molecule has 152 valence electrons. The molecule has 2 rings (SSSR count). The fourth-order valence-electron chi connectivity index (χ4n) is 2.80. The number of hydrogen-bond donors (Lipinski definition) is 2. The molecule has 0 aliphatic carbocycles. The van der Waals surface area contributed by atoms with Crippen LogP contribution in [-0.4, -0.2) is 25.0 Å². The van der Waals surface area contributed by atoms with Crippen LogP contribution < -0.4 is 15.4 Å². The first-order valence-electron chi connectivity index (χ1n) is 9.03. The number of ether oxygens (including phenoxy) is 1. The summed E-state index contributed by atoms with van der Waals surface area (Å²) in [6.45, 7) is 1.74. The van der Waals surface area contributed by atoms with Gasteiger partial charge in [0.2, 0.25) is 11.8 Å². The van der Waals surface area contributed by atoms with E-state index in [9.17, 15) is 18.4 Å². The van der Waals surface area contributed by atoms with Gasteiger partial charge in [-0.3, -0.25) is 9.59 Å². The average molecular weight is 400 g/mol. The van der Waals surface area contributed by atoms with Crippen molar-refractivity contribution in [2.24, 2.45) is 0 Å². The molecule has 29 heavy (non-hydrogen) atoms. The highest BCUT2D eigenvalue weighted by molar-refractivity contribution is 5.79. The Morgan fingerprint density at radius 2 is 1.79 bits per heavy atom. The van der Waals surface area contributed by atoms with Crippen LogP contribution in [0.2, 0.25) is 0 Å². The van der Waals surface area contributed by atoms with Crippen LogP contribution in [0.1, 0.15) is 30.5 Å². The van der Waals surface area contributed by atoms with Gasteiger partial charge in [0.25, 0.3) is 0 Å². The van der Waals surface area contributed by atoms with E-state index in [0.29, 0.717) is 18.7 Å². The van der Waals surface area contributed by atoms with E-state index in [1.165, 1.54) is 13.0 Å². The van der Waals surface area contributed by atoms with Gasteiger partial charge >= 0.3 is 0 Å². The number of hydrogen-bond acceptors (Lipinski definition) is 3. The summed E-state index contributed by atoms with van der Waals surface area (Å²) < 4.78 is 33.4. The van der Waals surface area contributed by atoms with E-state index in [1.54, 1.807) is 12.1 Å². The smallest absolute Gasteiger partial charge is 0.222 e. The summed E-state index contributed by atoms with van der Waals surface area (Å²) in [5.74, 6) is 0.484. The van der Waals surface area contributed by atoms with Crippen molar-refractivity contribution in [2.75, 3.05) is 13.2 Å². The molecule has 0 aliphatic rings. The van der Waals surface area contributed by atoms with Crippen LogP contribution >= 0.6 is 0 Å². The van der Waals surface area contributed by atoms with E-state index in [0.717, 1.165) is 17.7 Å². The number of carbonyl (C=O) groups excluding carboxylic acids is 2. The summed E-state index contributed by atoms with van der Waals surface area (Å²) in [5, 5.41) is 5.13. The maximum absolute atomic E-state index is 14.0. The van der Waals surface area contributed by atoms with Gasteiger partial charge in [0.05, 0.1) is 12.5 Å². The maximum atomic E-state index is 14.0. The van der Waals surface area contributed by atoms with Crippen molar-refractivity contribution in [2.45, 2.75) is 25.8 Å². The number of terminal acetylenes is 1. The van der Waals surface area contributed by atoms with E-state index in [4.69, 9.17) is 11.2 Å². The fraction of sp³-hybridized carbons (Fsp3) is 0.273. The summed E-state index contributed by atoms with van der Waals surface area (Å²) >= 11 is 0. The Morgan fingerprint density at radius 1 is 1.14 bits per heavy atom. The molecule has 1 atom stereocenters. The molecule has 1 unspecified atom stereocenters. The highest BCUT2D eigenvalue weighted by atomic mass is 19.1. The standard InChI is InChI=1S/C22H22F2N2O3/c1-3-13-29-17-9-7-16(8-10-17)11-12-25-21(28)14-20(26-15(2)27)22-18(23)5-4-6-19(22)24/h1,4-10,20H,11-14H2,2H3,(H,25,28)(H,26,27). The van der Waals surface area contributed by atoms with E-state index < -0.39 is 29.5 Å². The van der Waals surface area contributed by atoms with Crippen molar-refractivity contribution in [3.05, 3.63) is 65.2 Å². The normalized spacial score (nSPS) is 11.2. The van der Waals surface area contributed by atoms with Crippen molar-refractivity contribution in [3.8, 4) is 18.1 Å². The zero-order valence-corrected chi connectivity index (χ0v) is 16.0. The Balaban J connectivity index is 1.92. The van der Waals surface area contributed by atoms with Gasteiger partial charge in [-0.2, -0.15) is 0 Å². The van der Waals surface area contributed by atoms with Gasteiger partial charge in [0, 0.05) is 19.0 Å². The number of rotatable bonds is 9. The molecule has 0 saturated heterocycles. The molecule has 0 bridgehead atoms. The van der Waals surface area contributed by atoms with Gasteiger partial charge in [0.1, 0.15) is 24.0 Å². The lowest BCUT2D eigenvalue weighted by Crippen LogP contribution is -2.34. The Kier molecular flexibility index (Phi) is 8.16. The summed E-state index contributed by atoms with van der Waals surface area (Å²) in [6, 6.07) is 9.57. The molecule has 0 aromatic heterocycles. The Labute approximate surface area is 168 Å². The first-order chi connectivity index (χ1) is 13.9. The number of amides is 2. The monoisotopic (exact) mass is 400 g/mol. The van der Waals surface area contributed by atoms with Crippen molar-refractivity contribution >= 4 is 11.8 Å². The van der Waals surface area contributed by atoms with Crippen LogP contribution in [0.3, 0.4) is 0 Å². The lowest BCUT2D eigenvalue weighted by molar-refractivity contribution is -0.122. The second-order valence-electron chi connectivity index (χ2n) is 6.33. The molecular formula is C22H22F2N2O3. The predicted octanol–water partition coefficient (Wildman–Crippen LogP) is 2.90. The highest BCUT2D eigenvalue weighted by Gasteiger charge is 2.23. The van der Waals surface area contributed by atoms with Crippen LogP contribution in [0.4, 0.5) is 8.78 Å². The number of benzene rings is 2. The van der Waals surface area contributed by atoms with Gasteiger partial charge in [-0.25, -0.2) is 8.78 Å². The molecule has 2 amide bonds. The van der Waals surface area contributed by atoms with Gasteiger partial charge in [0.15, 0.2) is 0 Å². The number of carbonyl (C=O) groups is 2. The second-order valence-corrected chi connectivity index (χ2v) is 6.33. The minimum atomic E-state index is -1.10. The van der Waals surface area contributed by atoms with Crippen LogP contribution in [0, 0.1) is 24.0 Å². The molecule has 5 nitrogen and oxygen atoms in total. The van der Waals surface area contributed by atoms with E-state index in [1.807, 2.05) is 12.1 Å². The minimum Gasteiger partial charge on any atom is -0.481 e. The Hall–Kier alpha value is -3.40. The van der Waals surface area contributed by atoms with Crippen molar-refractivity contribution in [3.63, 3.8) is 0 Å². The molecule has 0 radical (unpaired) electrons. The maximum Gasteiger partial charge on any atom is 0.222 e. The Morgan fingerprint density at radius 3 is 2.38 bits per heavy atom. The van der Waals surface area contributed by atoms with Crippen LogP contribution in [0.5, 0.6) is 5.75 Å². The molecule has 2 N–H and O–H groups in total. The third-order valence-electron chi connectivity index (χ3n) is 4.10. The third-order valence-corrected chi connectivity index (χ3v) is 4.10. The van der Waals surface area contributed by atoms with Crippen molar-refractivity contribution in [1.82, 2.24) is 10.6 Å². The van der Waals surface area contributed by atoms with Crippen LogP contribution in [0.25, 0.3) is 0 Å². The lowest BCUT2D eigenvalue weighted by atomic mass is 10.0. The van der Waals surface area contributed by atoms with Gasteiger partial charge in [-0.1, -0.05) is 24.1 Å². The first-order valence-corrected chi connectivity index (χ1v) is 9.03. The zero-order chi connectivity index (χ0) is 21.2. The predicted molar refractivity (Wildman–Crippen MR) is 105 cm³/mol. The molecule has 0 fully saturated rings. The van der Waals surface area contributed by atoms with Gasteiger partial charge in [-0.05, 0) is 36.2 Å². The SMILES string of the molecule is C#CCOc1ccc(CCNC(=O)CC(NC(C)=O)c2c(F)cccc2F)cc1. The van der Waals surface area contributed by atoms with Crippen molar-refractivity contribution < 1.29 is 23.1 Å². The molecule has 2 aromatic rings. The van der Waals surface area contributed by atoms with Crippen LogP contribution in [0.15, 0.2) is 42.5 Å². The van der Waals surface area contributed by atoms with Gasteiger partial charge < -0.3 is 15.4 Å². The number of nitrogens with one attached hydrogen (secondary N) is 2. The van der Waals surface area contributed by atoms with Gasteiger partial charge in [-0.15, -0.1) is 6.42 Å². The summed E-state index contributed by atoms with van der Waals surface area (Å²) in [5.41, 5.74) is 0.636. The van der Waals surface area contributed by atoms with E-state index in [-0.39, 0.29) is 18.6 Å². The quantitative estimate of drug-likeness (QED) is 0.636. The summed E-state index contributed by atoms with van der Waals surface area (Å²) in [7, 11) is 0. The largest absolute Gasteiger partial charge is 0.481 e. The molecule has 2 aromatic carbocycles. The average Bonchev–Trinajstić information content (AvgIpc) is 2.66. The summed E-state index contributed by atoms with van der Waals surface area (Å²) in [6.07, 6.45) is 5.41. The lowest BCUT2D eigenvalue weighted by Gasteiger charge is -2.19. The molecule has 7 heteroatoms. The van der Waals surface area contributed by atoms with Crippen molar-refractivity contribution in [1.29, 1.82) is 0 Å². The fourth-order valence-corrected chi connectivity index (χ4v) is 2.80. The summed E-state index contributed by atoms with van der Waals surface area (Å²) in [4.78, 5) is 23.7. The molecule has 0 heterocycles. The zero-order valence-electron chi connectivity index (χ0n) is 16.0. The minimum absolute atomic E-state index is 0.188. The molecule has 0 spiro atoms. The Bertz CT molecular complexity index is 872. The molecular weight excluding hydrogens is 378 g/mol. The molecule has 0 aliphatic heterocycles. The second kappa shape index (κ2) is 10.8. The van der Waals surface area contributed by atoms with E-state index in [2.05, 4.69) is 16.6 Å². The topological polar surface area (TPSA) is 67.4 Å². The first kappa shape index (κ1) is 21.9. The highest BCUT2D eigenvalue weighted by Crippen LogP contribution is 2.23. The van der Waals surface area contributed by atoms with E-state index >= 15 is 0 Å². The van der Waals surface area contributed by atoms with Crippen LogP contribution in [-0.2, 0) is 16.0 Å². The number of halogens is 2. The molecule has 0 saturated carbocycles. The third kappa shape index (κ3) is 6.92.